The van der Waals surface area contributed by atoms with Gasteiger partial charge in [0.25, 0.3) is 0 Å². The van der Waals surface area contributed by atoms with Crippen LogP contribution in [0.5, 0.6) is 0 Å². The van der Waals surface area contributed by atoms with Crippen LogP contribution in [-0.4, -0.2) is 20.9 Å². The van der Waals surface area contributed by atoms with E-state index in [1.165, 1.54) is 34.5 Å². The Bertz CT molecular complexity index is 734. The molecule has 0 bridgehead atoms. The Hall–Kier alpha value is -2.43. The maximum Gasteiger partial charge on any atom is 0.360 e. The van der Waals surface area contributed by atoms with Crippen molar-refractivity contribution in [2.75, 3.05) is 0 Å². The van der Waals surface area contributed by atoms with Crippen molar-refractivity contribution in [2.24, 2.45) is 0 Å². The maximum atomic E-state index is 11.5. The van der Waals surface area contributed by atoms with Gasteiger partial charge in [-0.25, -0.2) is 9.48 Å². The van der Waals surface area contributed by atoms with Gasteiger partial charge in [-0.2, -0.15) is 5.10 Å². The molecule has 0 spiro atoms. The van der Waals surface area contributed by atoms with Crippen molar-refractivity contribution >= 4 is 5.97 Å². The van der Waals surface area contributed by atoms with E-state index in [2.05, 4.69) is 11.2 Å². The van der Waals surface area contributed by atoms with Gasteiger partial charge in [0.15, 0.2) is 0 Å². The summed E-state index contributed by atoms with van der Waals surface area (Å²) >= 11 is 0. The van der Waals surface area contributed by atoms with Gasteiger partial charge in [0.1, 0.15) is 0 Å². The summed E-state index contributed by atoms with van der Waals surface area (Å²) in [5.74, 6) is -1.30. The quantitative estimate of drug-likeness (QED) is 0.903. The number of fused-ring (bicyclic) bond motifs is 1. The number of aryl methyl sites for hydroxylation is 1. The largest absolute Gasteiger partial charge is 0.476 e. The molecule has 1 heterocycles. The van der Waals surface area contributed by atoms with Crippen LogP contribution in [0.1, 0.15) is 34.5 Å². The summed E-state index contributed by atoms with van der Waals surface area (Å²) in [5.41, 5.74) is 2.33. The van der Waals surface area contributed by atoms with E-state index in [4.69, 9.17) is 5.11 Å². The first-order valence-corrected chi connectivity index (χ1v) is 6.61. The number of hydrogen-bond acceptors (Lipinski definition) is 3. The first-order chi connectivity index (χ1) is 9.66. The van der Waals surface area contributed by atoms with Crippen LogP contribution in [0.15, 0.2) is 35.3 Å². The summed E-state index contributed by atoms with van der Waals surface area (Å²) in [6.45, 7) is 0. The molecule has 3 rings (SSSR count). The summed E-state index contributed by atoms with van der Waals surface area (Å²) in [6, 6.07) is 7.20. The molecule has 1 N–H and O–H groups in total. The summed E-state index contributed by atoms with van der Waals surface area (Å²) < 4.78 is 1.50. The number of aromatic nitrogens is 2. The molecule has 0 atom stereocenters. The first-order valence-electron chi connectivity index (χ1n) is 6.61. The standard InChI is InChI=1S/C15H14N2O3/c18-13-8-9-17(16-14(13)15(19)20)12-7-3-5-10-4-1-2-6-11(10)12/h3,5,7-9H,1-2,4,6H2,(H,19,20). The predicted molar refractivity (Wildman–Crippen MR) is 73.4 cm³/mol. The van der Waals surface area contributed by atoms with Gasteiger partial charge >= 0.3 is 5.97 Å². The third-order valence-electron chi connectivity index (χ3n) is 3.63. The van der Waals surface area contributed by atoms with E-state index in [0.717, 1.165) is 24.9 Å². The number of hydrogen-bond donors (Lipinski definition) is 1. The van der Waals surface area contributed by atoms with Crippen LogP contribution in [0, 0.1) is 0 Å². The van der Waals surface area contributed by atoms with Gasteiger partial charge in [-0.15, -0.1) is 0 Å². The Morgan fingerprint density at radius 2 is 2.00 bits per heavy atom. The minimum Gasteiger partial charge on any atom is -0.476 e. The monoisotopic (exact) mass is 270 g/mol. The number of carboxylic acid groups (broad SMARTS) is 1. The lowest BCUT2D eigenvalue weighted by atomic mass is 9.90. The van der Waals surface area contributed by atoms with E-state index in [1.54, 1.807) is 0 Å². The summed E-state index contributed by atoms with van der Waals surface area (Å²) in [4.78, 5) is 22.5. The van der Waals surface area contributed by atoms with Crippen molar-refractivity contribution in [3.63, 3.8) is 0 Å². The minimum atomic E-state index is -1.30. The molecule has 0 fully saturated rings. The molecule has 5 heteroatoms. The van der Waals surface area contributed by atoms with E-state index in [0.29, 0.717) is 0 Å². The first kappa shape index (κ1) is 12.6. The molecule has 20 heavy (non-hydrogen) atoms. The van der Waals surface area contributed by atoms with E-state index in [9.17, 15) is 9.59 Å². The zero-order chi connectivity index (χ0) is 14.1. The Morgan fingerprint density at radius 3 is 2.80 bits per heavy atom. The number of carbonyl (C=O) groups is 1. The molecule has 1 aromatic carbocycles. The number of aromatic carboxylic acids is 1. The minimum absolute atomic E-state index is 0.444. The van der Waals surface area contributed by atoms with Gasteiger partial charge in [0.05, 0.1) is 5.69 Å². The third-order valence-corrected chi connectivity index (χ3v) is 3.63. The smallest absolute Gasteiger partial charge is 0.360 e. The van der Waals surface area contributed by atoms with Gasteiger partial charge in [-0.3, -0.25) is 4.79 Å². The molecule has 2 aromatic rings. The van der Waals surface area contributed by atoms with Gasteiger partial charge in [-0.05, 0) is 42.9 Å². The molecule has 1 aliphatic rings. The Labute approximate surface area is 115 Å². The van der Waals surface area contributed by atoms with Crippen LogP contribution in [0.2, 0.25) is 0 Å². The lowest BCUT2D eigenvalue weighted by Crippen LogP contribution is -2.21. The van der Waals surface area contributed by atoms with Crippen LogP contribution in [0.4, 0.5) is 0 Å². The Kier molecular flexibility index (Phi) is 3.10. The molecule has 5 nitrogen and oxygen atoms in total. The van der Waals surface area contributed by atoms with Gasteiger partial charge in [0, 0.05) is 12.3 Å². The van der Waals surface area contributed by atoms with Crippen molar-refractivity contribution in [1.82, 2.24) is 9.78 Å². The van der Waals surface area contributed by atoms with E-state index in [1.807, 2.05) is 12.1 Å². The number of nitrogens with zero attached hydrogens (tertiary/aromatic N) is 2. The highest BCUT2D eigenvalue weighted by Crippen LogP contribution is 2.26. The second-order valence-electron chi connectivity index (χ2n) is 4.90. The zero-order valence-corrected chi connectivity index (χ0v) is 10.9. The molecule has 0 saturated carbocycles. The highest BCUT2D eigenvalue weighted by Gasteiger charge is 2.16. The molecule has 0 unspecified atom stereocenters. The van der Waals surface area contributed by atoms with Crippen molar-refractivity contribution in [2.45, 2.75) is 25.7 Å². The lowest BCUT2D eigenvalue weighted by molar-refractivity contribution is 0.0687. The highest BCUT2D eigenvalue weighted by atomic mass is 16.4. The van der Waals surface area contributed by atoms with Crippen molar-refractivity contribution < 1.29 is 9.90 Å². The highest BCUT2D eigenvalue weighted by molar-refractivity contribution is 5.84. The summed E-state index contributed by atoms with van der Waals surface area (Å²) in [7, 11) is 0. The predicted octanol–water partition coefficient (Wildman–Crippen LogP) is 1.81. The molecule has 1 aliphatic carbocycles. The van der Waals surface area contributed by atoms with E-state index < -0.39 is 17.1 Å². The van der Waals surface area contributed by atoms with Gasteiger partial charge < -0.3 is 5.11 Å². The number of carboxylic acids is 1. The second kappa shape index (κ2) is 4.92. The van der Waals surface area contributed by atoms with E-state index >= 15 is 0 Å². The lowest BCUT2D eigenvalue weighted by Gasteiger charge is -2.19. The fourth-order valence-electron chi connectivity index (χ4n) is 2.67. The molecular weight excluding hydrogens is 256 g/mol. The molecule has 0 radical (unpaired) electrons. The SMILES string of the molecule is O=C(O)c1nn(-c2cccc3c2CCCC3)ccc1=O. The molecule has 0 amide bonds. The molecule has 0 saturated heterocycles. The van der Waals surface area contributed by atoms with Crippen LogP contribution in [0.3, 0.4) is 0 Å². The molecular formula is C15H14N2O3. The average molecular weight is 270 g/mol. The second-order valence-corrected chi connectivity index (χ2v) is 4.90. The Morgan fingerprint density at radius 1 is 1.20 bits per heavy atom. The van der Waals surface area contributed by atoms with Gasteiger partial charge in [-0.1, -0.05) is 12.1 Å². The normalized spacial score (nSPS) is 13.8. The van der Waals surface area contributed by atoms with E-state index in [-0.39, 0.29) is 0 Å². The number of benzene rings is 1. The average Bonchev–Trinajstić information content (AvgIpc) is 2.47. The van der Waals surface area contributed by atoms with Crippen molar-refractivity contribution in [3.05, 3.63) is 57.5 Å². The maximum absolute atomic E-state index is 11.5. The third kappa shape index (κ3) is 2.11. The summed E-state index contributed by atoms with van der Waals surface area (Å²) in [6.07, 6.45) is 5.82. The van der Waals surface area contributed by atoms with Crippen LogP contribution < -0.4 is 5.43 Å². The topological polar surface area (TPSA) is 72.2 Å². The molecule has 0 aliphatic heterocycles. The van der Waals surface area contributed by atoms with Crippen molar-refractivity contribution in [1.29, 1.82) is 0 Å². The van der Waals surface area contributed by atoms with Crippen LogP contribution >= 0.6 is 0 Å². The fraction of sp³-hybridized carbons (Fsp3) is 0.267. The van der Waals surface area contributed by atoms with Gasteiger partial charge in [0.2, 0.25) is 11.1 Å². The number of rotatable bonds is 2. The fourth-order valence-corrected chi connectivity index (χ4v) is 2.67. The summed E-state index contributed by atoms with van der Waals surface area (Å²) in [5, 5.41) is 13.0. The Balaban J connectivity index is 2.17. The zero-order valence-electron chi connectivity index (χ0n) is 10.9. The van der Waals surface area contributed by atoms with Crippen molar-refractivity contribution in [3.8, 4) is 5.69 Å². The van der Waals surface area contributed by atoms with Crippen LogP contribution in [0.25, 0.3) is 5.69 Å². The van der Waals surface area contributed by atoms with Crippen LogP contribution in [-0.2, 0) is 12.8 Å². The molecule has 102 valence electrons. The molecule has 1 aromatic heterocycles.